The molecule has 0 aromatic carbocycles. The van der Waals surface area contributed by atoms with E-state index in [0.29, 0.717) is 11.9 Å². The first-order valence-corrected chi connectivity index (χ1v) is 8.03. The van der Waals surface area contributed by atoms with Gasteiger partial charge in [0.25, 0.3) is 0 Å². The molecule has 1 aromatic rings. The monoisotopic (exact) mass is 304 g/mol. The third kappa shape index (κ3) is 2.12. The number of hydrogen-bond acceptors (Lipinski definition) is 4. The minimum Gasteiger partial charge on any atom is -0.348 e. The van der Waals surface area contributed by atoms with Crippen molar-refractivity contribution in [1.29, 1.82) is 0 Å². The van der Waals surface area contributed by atoms with Crippen molar-refractivity contribution in [3.8, 4) is 0 Å². The highest BCUT2D eigenvalue weighted by Gasteiger charge is 2.43. The van der Waals surface area contributed by atoms with Crippen molar-refractivity contribution in [2.45, 2.75) is 44.1 Å². The van der Waals surface area contributed by atoms with Crippen LogP contribution in [0.2, 0.25) is 0 Å². The number of hydrogen-bond donors (Lipinski definition) is 0. The highest BCUT2D eigenvalue weighted by molar-refractivity contribution is 5.26. The summed E-state index contributed by atoms with van der Waals surface area (Å²) in [5, 5.41) is 0. The molecule has 0 aliphatic heterocycles. The summed E-state index contributed by atoms with van der Waals surface area (Å²) in [5.41, 5.74) is -1.16. The SMILES string of the molecule is CN(C)c1nc(=O)n(C23C=CCCC2CCCC3)c(=O)n1C. The maximum Gasteiger partial charge on any atom is 0.355 e. The lowest BCUT2D eigenvalue weighted by molar-refractivity contribution is 0.126. The van der Waals surface area contributed by atoms with E-state index in [4.69, 9.17) is 0 Å². The van der Waals surface area contributed by atoms with Gasteiger partial charge in [-0.15, -0.1) is 0 Å². The average molecular weight is 304 g/mol. The molecule has 2 atom stereocenters. The van der Waals surface area contributed by atoms with Gasteiger partial charge < -0.3 is 4.90 Å². The van der Waals surface area contributed by atoms with Gasteiger partial charge in [0.15, 0.2) is 0 Å². The number of aromatic nitrogens is 3. The van der Waals surface area contributed by atoms with Crippen LogP contribution < -0.4 is 16.3 Å². The summed E-state index contributed by atoms with van der Waals surface area (Å²) < 4.78 is 2.89. The molecule has 22 heavy (non-hydrogen) atoms. The lowest BCUT2D eigenvalue weighted by Crippen LogP contribution is -2.56. The Labute approximate surface area is 130 Å². The highest BCUT2D eigenvalue weighted by Crippen LogP contribution is 2.44. The quantitative estimate of drug-likeness (QED) is 0.771. The second kappa shape index (κ2) is 5.41. The normalized spacial score (nSPS) is 27.5. The minimum absolute atomic E-state index is 0.262. The maximum absolute atomic E-state index is 12.9. The van der Waals surface area contributed by atoms with Crippen molar-refractivity contribution < 1.29 is 0 Å². The number of fused-ring (bicyclic) bond motifs is 1. The van der Waals surface area contributed by atoms with Crippen LogP contribution in [0.4, 0.5) is 5.95 Å². The second-order valence-corrected chi connectivity index (χ2v) is 6.68. The maximum atomic E-state index is 12.9. The molecule has 1 fully saturated rings. The predicted molar refractivity (Wildman–Crippen MR) is 86.4 cm³/mol. The molecule has 0 amide bonds. The van der Waals surface area contributed by atoms with Gasteiger partial charge in [-0.05, 0) is 31.6 Å². The summed E-state index contributed by atoms with van der Waals surface area (Å²) in [6.45, 7) is 0. The van der Waals surface area contributed by atoms with Crippen LogP contribution in [-0.4, -0.2) is 28.2 Å². The third-order valence-electron chi connectivity index (χ3n) is 5.16. The molecule has 2 unspecified atom stereocenters. The Morgan fingerprint density at radius 1 is 1.27 bits per heavy atom. The van der Waals surface area contributed by atoms with Gasteiger partial charge in [-0.2, -0.15) is 4.98 Å². The van der Waals surface area contributed by atoms with Crippen molar-refractivity contribution in [3.05, 3.63) is 33.1 Å². The smallest absolute Gasteiger partial charge is 0.348 e. The summed E-state index contributed by atoms with van der Waals surface area (Å²) in [6.07, 6.45) is 10.5. The molecule has 0 saturated heterocycles. The first-order valence-electron chi connectivity index (χ1n) is 8.03. The van der Waals surface area contributed by atoms with Gasteiger partial charge in [0, 0.05) is 21.1 Å². The van der Waals surface area contributed by atoms with Crippen molar-refractivity contribution in [3.63, 3.8) is 0 Å². The van der Waals surface area contributed by atoms with E-state index in [1.54, 1.807) is 26.0 Å². The van der Waals surface area contributed by atoms with Gasteiger partial charge in [0.2, 0.25) is 5.95 Å². The van der Waals surface area contributed by atoms with Gasteiger partial charge >= 0.3 is 11.4 Å². The lowest BCUT2D eigenvalue weighted by atomic mass is 9.68. The van der Waals surface area contributed by atoms with E-state index >= 15 is 0 Å². The largest absolute Gasteiger partial charge is 0.355 e. The molecule has 1 saturated carbocycles. The number of allylic oxidation sites excluding steroid dienone is 2. The lowest BCUT2D eigenvalue weighted by Gasteiger charge is -2.44. The van der Waals surface area contributed by atoms with Crippen LogP contribution in [0, 0.1) is 5.92 Å². The zero-order valence-electron chi connectivity index (χ0n) is 13.6. The first kappa shape index (κ1) is 15.1. The fourth-order valence-corrected chi connectivity index (χ4v) is 4.10. The molecule has 0 radical (unpaired) electrons. The fourth-order valence-electron chi connectivity index (χ4n) is 4.10. The van der Waals surface area contributed by atoms with E-state index in [1.807, 2.05) is 0 Å². The fraction of sp³-hybridized carbons (Fsp3) is 0.688. The molecule has 2 aliphatic rings. The average Bonchev–Trinajstić information content (AvgIpc) is 2.50. The standard InChI is InChI=1S/C16H24N4O2/c1-18(2)13-17-14(21)20(15(22)19(13)3)16-10-6-4-8-12(16)9-5-7-11-16/h6,10,12H,4-5,7-9,11H2,1-3H3. The van der Waals surface area contributed by atoms with Crippen molar-refractivity contribution >= 4 is 5.95 Å². The molecule has 6 heteroatoms. The van der Waals surface area contributed by atoms with E-state index in [0.717, 1.165) is 32.1 Å². The number of anilines is 1. The van der Waals surface area contributed by atoms with Crippen LogP contribution in [-0.2, 0) is 12.6 Å². The summed E-state index contributed by atoms with van der Waals surface area (Å²) in [6, 6.07) is 0. The molecule has 0 bridgehead atoms. The van der Waals surface area contributed by atoms with Crippen LogP contribution in [0.5, 0.6) is 0 Å². The van der Waals surface area contributed by atoms with Crippen LogP contribution in [0.1, 0.15) is 38.5 Å². The molecule has 120 valence electrons. The van der Waals surface area contributed by atoms with E-state index < -0.39 is 11.2 Å². The summed E-state index contributed by atoms with van der Waals surface area (Å²) >= 11 is 0. The zero-order chi connectivity index (χ0) is 15.9. The van der Waals surface area contributed by atoms with Crippen LogP contribution in [0.3, 0.4) is 0 Å². The molecule has 6 nitrogen and oxygen atoms in total. The number of nitrogens with zero attached hydrogens (tertiary/aromatic N) is 4. The van der Waals surface area contributed by atoms with E-state index in [1.165, 1.54) is 15.6 Å². The summed E-state index contributed by atoms with van der Waals surface area (Å²) in [4.78, 5) is 31.4. The second-order valence-electron chi connectivity index (χ2n) is 6.68. The molecule has 1 heterocycles. The molecular formula is C16H24N4O2. The molecule has 0 spiro atoms. The van der Waals surface area contributed by atoms with Crippen LogP contribution >= 0.6 is 0 Å². The van der Waals surface area contributed by atoms with E-state index in [9.17, 15) is 9.59 Å². The summed E-state index contributed by atoms with van der Waals surface area (Å²) in [7, 11) is 5.25. The van der Waals surface area contributed by atoms with Gasteiger partial charge in [-0.3, -0.25) is 4.57 Å². The Kier molecular flexibility index (Phi) is 3.70. The summed E-state index contributed by atoms with van der Waals surface area (Å²) in [5.74, 6) is 0.762. The first-order chi connectivity index (χ1) is 10.5. The van der Waals surface area contributed by atoms with Gasteiger partial charge in [-0.1, -0.05) is 25.0 Å². The zero-order valence-corrected chi connectivity index (χ0v) is 13.6. The van der Waals surface area contributed by atoms with E-state index in [2.05, 4.69) is 17.1 Å². The Morgan fingerprint density at radius 2 is 2.05 bits per heavy atom. The molecular weight excluding hydrogens is 280 g/mol. The van der Waals surface area contributed by atoms with Crippen LogP contribution in [0.15, 0.2) is 21.7 Å². The van der Waals surface area contributed by atoms with Crippen molar-refractivity contribution in [1.82, 2.24) is 14.1 Å². The van der Waals surface area contributed by atoms with E-state index in [-0.39, 0.29) is 5.69 Å². The van der Waals surface area contributed by atoms with Gasteiger partial charge in [0.05, 0.1) is 5.54 Å². The molecule has 2 aliphatic carbocycles. The Balaban J connectivity index is 2.25. The van der Waals surface area contributed by atoms with Crippen LogP contribution in [0.25, 0.3) is 0 Å². The third-order valence-corrected chi connectivity index (χ3v) is 5.16. The highest BCUT2D eigenvalue weighted by atomic mass is 16.2. The predicted octanol–water partition coefficient (Wildman–Crippen LogP) is 1.24. The Hall–Kier alpha value is -1.85. The number of rotatable bonds is 2. The van der Waals surface area contributed by atoms with Crippen molar-refractivity contribution in [2.24, 2.45) is 13.0 Å². The topological polar surface area (TPSA) is 60.1 Å². The Bertz CT molecular complexity index is 716. The molecule has 1 aromatic heterocycles. The minimum atomic E-state index is -0.472. The molecule has 3 rings (SSSR count). The van der Waals surface area contributed by atoms with Gasteiger partial charge in [0.1, 0.15) is 0 Å². The van der Waals surface area contributed by atoms with Gasteiger partial charge in [-0.25, -0.2) is 14.2 Å². The van der Waals surface area contributed by atoms with Crippen molar-refractivity contribution in [2.75, 3.05) is 19.0 Å². The Morgan fingerprint density at radius 3 is 2.77 bits per heavy atom. The molecule has 0 N–H and O–H groups in total.